The average Bonchev–Trinajstić information content (AvgIpc) is 2.73. The summed E-state index contributed by atoms with van der Waals surface area (Å²) in [6.45, 7) is -0.0853. The molecule has 0 fully saturated rings. The minimum absolute atomic E-state index is 0.0853. The normalized spacial score (nSPS) is 10.8. The van der Waals surface area contributed by atoms with Gasteiger partial charge in [0.2, 0.25) is 5.91 Å². The van der Waals surface area contributed by atoms with Crippen LogP contribution in [0.3, 0.4) is 0 Å². The first-order valence-corrected chi connectivity index (χ1v) is 10.1. The summed E-state index contributed by atoms with van der Waals surface area (Å²) >= 11 is 7.75. The first-order chi connectivity index (χ1) is 14.1. The van der Waals surface area contributed by atoms with Gasteiger partial charge in [-0.15, -0.1) is 0 Å². The van der Waals surface area contributed by atoms with Crippen molar-refractivity contribution in [2.75, 3.05) is 5.32 Å². The third-order valence-corrected chi connectivity index (χ3v) is 5.78. The number of nitrogens with one attached hydrogen (secondary N) is 1. The van der Waals surface area contributed by atoms with Gasteiger partial charge in [0.15, 0.2) is 0 Å². The zero-order valence-corrected chi connectivity index (χ0v) is 16.8. The molecule has 1 N–H and O–H groups in total. The molecule has 0 aliphatic rings. The first kappa shape index (κ1) is 19.2. The molecule has 4 aromatic rings. The highest BCUT2D eigenvalue weighted by atomic mass is 35.5. The number of hydrogen-bond acceptors (Lipinski definition) is 4. The topological polar surface area (TPSA) is 64.0 Å². The van der Waals surface area contributed by atoms with Crippen molar-refractivity contribution >= 4 is 46.0 Å². The van der Waals surface area contributed by atoms with Gasteiger partial charge in [-0.3, -0.25) is 14.2 Å². The fourth-order valence-corrected chi connectivity index (χ4v) is 3.97. The smallest absolute Gasteiger partial charge is 0.269 e. The maximum atomic E-state index is 12.5. The molecule has 1 heterocycles. The van der Waals surface area contributed by atoms with Crippen molar-refractivity contribution in [1.29, 1.82) is 0 Å². The number of benzene rings is 3. The summed E-state index contributed by atoms with van der Waals surface area (Å²) in [4.78, 5) is 30.7. The molecule has 3 aromatic carbocycles. The number of carbonyl (C=O) groups is 1. The summed E-state index contributed by atoms with van der Waals surface area (Å²) in [5.74, 6) is -0.282. The molecule has 29 heavy (non-hydrogen) atoms. The van der Waals surface area contributed by atoms with E-state index >= 15 is 0 Å². The van der Waals surface area contributed by atoms with E-state index in [1.165, 1.54) is 10.8 Å². The minimum Gasteiger partial charge on any atom is -0.325 e. The summed E-state index contributed by atoms with van der Waals surface area (Å²) in [5.41, 5.74) is 1.64. The van der Waals surface area contributed by atoms with Crippen molar-refractivity contribution in [3.63, 3.8) is 0 Å². The van der Waals surface area contributed by atoms with Crippen LogP contribution in [-0.4, -0.2) is 15.5 Å². The van der Waals surface area contributed by atoms with E-state index in [2.05, 4.69) is 10.3 Å². The lowest BCUT2D eigenvalue weighted by Crippen LogP contribution is -2.27. The van der Waals surface area contributed by atoms with Crippen LogP contribution in [0.1, 0.15) is 0 Å². The second-order valence-electron chi connectivity index (χ2n) is 6.28. The van der Waals surface area contributed by atoms with E-state index in [0.717, 1.165) is 9.79 Å². The zero-order valence-electron chi connectivity index (χ0n) is 15.2. The molecule has 0 bridgehead atoms. The molecule has 4 rings (SSSR count). The Labute approximate surface area is 176 Å². The number of nitrogens with zero attached hydrogens (tertiary/aromatic N) is 2. The van der Waals surface area contributed by atoms with Crippen LogP contribution in [0.25, 0.3) is 11.0 Å². The Morgan fingerprint density at radius 2 is 1.72 bits per heavy atom. The van der Waals surface area contributed by atoms with Crippen LogP contribution in [0.2, 0.25) is 5.02 Å². The Morgan fingerprint density at radius 3 is 2.52 bits per heavy atom. The van der Waals surface area contributed by atoms with E-state index in [9.17, 15) is 9.59 Å². The van der Waals surface area contributed by atoms with Gasteiger partial charge in [0.05, 0.1) is 22.3 Å². The molecule has 0 unspecified atom stereocenters. The van der Waals surface area contributed by atoms with Gasteiger partial charge in [-0.25, -0.2) is 4.98 Å². The van der Waals surface area contributed by atoms with Crippen LogP contribution in [-0.2, 0) is 11.3 Å². The van der Waals surface area contributed by atoms with Crippen molar-refractivity contribution in [3.05, 3.63) is 94.4 Å². The predicted molar refractivity (Wildman–Crippen MR) is 117 cm³/mol. The summed E-state index contributed by atoms with van der Waals surface area (Å²) in [5, 5.41) is 3.53. The summed E-state index contributed by atoms with van der Waals surface area (Å²) in [6.07, 6.45) is 1.23. The molecular formula is C22H16ClN3O2S. The zero-order chi connectivity index (χ0) is 20.2. The van der Waals surface area contributed by atoms with Crippen LogP contribution >= 0.6 is 23.4 Å². The maximum Gasteiger partial charge on any atom is 0.269 e. The van der Waals surface area contributed by atoms with E-state index < -0.39 is 0 Å². The van der Waals surface area contributed by atoms with Crippen LogP contribution in [0.5, 0.6) is 0 Å². The standard InChI is InChI=1S/C22H16ClN3O2S/c23-17-5-1-4-8-20(17)29-16-11-9-15(10-12-16)25-21(27)14-26-19-7-3-2-6-18(19)24-13-22(26)28/h1-13H,14H2,(H,25,27). The monoisotopic (exact) mass is 421 g/mol. The van der Waals surface area contributed by atoms with Crippen LogP contribution < -0.4 is 10.9 Å². The fourth-order valence-electron chi connectivity index (χ4n) is 2.88. The number of aromatic nitrogens is 2. The molecule has 144 valence electrons. The lowest BCUT2D eigenvalue weighted by atomic mass is 10.3. The Morgan fingerprint density at radius 1 is 1.00 bits per heavy atom. The van der Waals surface area contributed by atoms with Gasteiger partial charge in [-0.05, 0) is 48.5 Å². The first-order valence-electron chi connectivity index (χ1n) is 8.87. The van der Waals surface area contributed by atoms with Gasteiger partial charge >= 0.3 is 0 Å². The maximum absolute atomic E-state index is 12.5. The van der Waals surface area contributed by atoms with E-state index in [1.807, 2.05) is 60.7 Å². The highest BCUT2D eigenvalue weighted by Crippen LogP contribution is 2.33. The molecule has 0 atom stereocenters. The van der Waals surface area contributed by atoms with Crippen molar-refractivity contribution in [1.82, 2.24) is 9.55 Å². The predicted octanol–water partition coefficient (Wildman–Crippen LogP) is 4.84. The minimum atomic E-state index is -0.315. The second-order valence-corrected chi connectivity index (χ2v) is 7.80. The Kier molecular flexibility index (Phi) is 5.64. The lowest BCUT2D eigenvalue weighted by Gasteiger charge is -2.10. The van der Waals surface area contributed by atoms with Crippen molar-refractivity contribution in [3.8, 4) is 0 Å². The van der Waals surface area contributed by atoms with Gasteiger partial charge in [0, 0.05) is 15.5 Å². The third kappa shape index (κ3) is 4.50. The van der Waals surface area contributed by atoms with Crippen molar-refractivity contribution in [2.24, 2.45) is 0 Å². The average molecular weight is 422 g/mol. The van der Waals surface area contributed by atoms with E-state index in [4.69, 9.17) is 11.6 Å². The number of fused-ring (bicyclic) bond motifs is 1. The number of carbonyl (C=O) groups excluding carboxylic acids is 1. The highest BCUT2D eigenvalue weighted by Gasteiger charge is 2.09. The largest absolute Gasteiger partial charge is 0.325 e. The lowest BCUT2D eigenvalue weighted by molar-refractivity contribution is -0.116. The molecular weight excluding hydrogens is 406 g/mol. The Hall–Kier alpha value is -3.09. The molecule has 1 amide bonds. The molecule has 0 aliphatic heterocycles. The summed E-state index contributed by atoms with van der Waals surface area (Å²) in [6, 6.07) is 22.3. The number of amides is 1. The number of rotatable bonds is 5. The van der Waals surface area contributed by atoms with Gasteiger partial charge in [0.1, 0.15) is 6.54 Å². The quantitative estimate of drug-likeness (QED) is 0.500. The van der Waals surface area contributed by atoms with E-state index in [1.54, 1.807) is 23.9 Å². The summed E-state index contributed by atoms with van der Waals surface area (Å²) in [7, 11) is 0. The van der Waals surface area contributed by atoms with Gasteiger partial charge in [0.25, 0.3) is 5.56 Å². The molecule has 0 aliphatic carbocycles. The van der Waals surface area contributed by atoms with Crippen LogP contribution in [0.15, 0.2) is 93.6 Å². The van der Waals surface area contributed by atoms with Crippen LogP contribution in [0.4, 0.5) is 5.69 Å². The van der Waals surface area contributed by atoms with E-state index in [0.29, 0.717) is 21.7 Å². The van der Waals surface area contributed by atoms with Crippen molar-refractivity contribution in [2.45, 2.75) is 16.3 Å². The number of para-hydroxylation sites is 2. The van der Waals surface area contributed by atoms with Gasteiger partial charge in [-0.1, -0.05) is 47.6 Å². The number of hydrogen-bond donors (Lipinski definition) is 1. The van der Waals surface area contributed by atoms with Gasteiger partial charge < -0.3 is 5.32 Å². The number of anilines is 1. The second kappa shape index (κ2) is 8.51. The van der Waals surface area contributed by atoms with Crippen LogP contribution in [0, 0.1) is 0 Å². The SMILES string of the molecule is O=C(Cn1c(=O)cnc2ccccc21)Nc1ccc(Sc2ccccc2Cl)cc1. The molecule has 0 saturated carbocycles. The Balaban J connectivity index is 1.46. The fraction of sp³-hybridized carbons (Fsp3) is 0.0455. The van der Waals surface area contributed by atoms with Gasteiger partial charge in [-0.2, -0.15) is 0 Å². The van der Waals surface area contributed by atoms with Crippen molar-refractivity contribution < 1.29 is 4.79 Å². The molecule has 0 radical (unpaired) electrons. The number of halogens is 1. The summed E-state index contributed by atoms with van der Waals surface area (Å²) < 4.78 is 1.42. The Bertz CT molecular complexity index is 1240. The molecule has 5 nitrogen and oxygen atoms in total. The van der Waals surface area contributed by atoms with E-state index in [-0.39, 0.29) is 18.0 Å². The molecule has 1 aromatic heterocycles. The highest BCUT2D eigenvalue weighted by molar-refractivity contribution is 7.99. The third-order valence-electron chi connectivity index (χ3n) is 4.26. The molecule has 7 heteroatoms. The molecule has 0 saturated heterocycles. The molecule has 0 spiro atoms.